The molecule has 0 N–H and O–H groups in total. The molecule has 1 unspecified atom stereocenters. The van der Waals surface area contributed by atoms with Crippen LogP contribution in [0.15, 0.2) is 0 Å². The van der Waals surface area contributed by atoms with Crippen molar-refractivity contribution in [3.05, 3.63) is 0 Å². The van der Waals surface area contributed by atoms with Crippen molar-refractivity contribution in [1.82, 2.24) is 0 Å². The second kappa shape index (κ2) is 9.19. The molecule has 4 nitrogen and oxygen atoms in total. The number of rotatable bonds is 8. The lowest BCUT2D eigenvalue weighted by Gasteiger charge is -2.15. The molecule has 0 bridgehead atoms. The largest absolute Gasteiger partial charge is 0.466 e. The highest BCUT2D eigenvalue weighted by atomic mass is 16.5. The summed E-state index contributed by atoms with van der Waals surface area (Å²) in [7, 11) is 0. The average Bonchev–Trinajstić information content (AvgIpc) is 2.20. The van der Waals surface area contributed by atoms with Gasteiger partial charge in [-0.05, 0) is 18.8 Å². The van der Waals surface area contributed by atoms with E-state index in [0.717, 1.165) is 25.7 Å². The Balaban J connectivity index is 3.79. The van der Waals surface area contributed by atoms with Crippen molar-refractivity contribution in [3.63, 3.8) is 0 Å². The average molecular weight is 230 g/mol. The van der Waals surface area contributed by atoms with Gasteiger partial charge >= 0.3 is 11.9 Å². The van der Waals surface area contributed by atoms with Gasteiger partial charge in [-0.1, -0.05) is 19.8 Å². The van der Waals surface area contributed by atoms with Gasteiger partial charge in [-0.2, -0.15) is 0 Å². The fraction of sp³-hybridized carbons (Fsp3) is 0.833. The maximum absolute atomic E-state index is 10.7. The van der Waals surface area contributed by atoms with Crippen LogP contribution in [0.3, 0.4) is 0 Å². The van der Waals surface area contributed by atoms with Crippen molar-refractivity contribution in [2.45, 2.75) is 46.5 Å². The summed E-state index contributed by atoms with van der Waals surface area (Å²) in [5, 5.41) is 0. The summed E-state index contributed by atoms with van der Waals surface area (Å²) in [6.45, 7) is 5.76. The van der Waals surface area contributed by atoms with E-state index in [1.807, 2.05) is 0 Å². The SMILES string of the molecule is CCCCC(CCOC(C)=O)COC(C)=O. The fourth-order valence-electron chi connectivity index (χ4n) is 1.41. The van der Waals surface area contributed by atoms with Gasteiger partial charge in [0.2, 0.25) is 0 Å². The van der Waals surface area contributed by atoms with Crippen molar-refractivity contribution in [2.75, 3.05) is 13.2 Å². The van der Waals surface area contributed by atoms with Crippen LogP contribution in [-0.4, -0.2) is 25.2 Å². The van der Waals surface area contributed by atoms with E-state index in [-0.39, 0.29) is 11.9 Å². The van der Waals surface area contributed by atoms with Gasteiger partial charge in [0.15, 0.2) is 0 Å². The van der Waals surface area contributed by atoms with Crippen molar-refractivity contribution in [3.8, 4) is 0 Å². The minimum Gasteiger partial charge on any atom is -0.466 e. The Kier molecular flexibility index (Phi) is 8.58. The number of hydrogen-bond acceptors (Lipinski definition) is 4. The molecule has 94 valence electrons. The van der Waals surface area contributed by atoms with Crippen LogP contribution in [0.5, 0.6) is 0 Å². The summed E-state index contributed by atoms with van der Waals surface area (Å²) in [6.07, 6.45) is 3.98. The lowest BCUT2D eigenvalue weighted by Crippen LogP contribution is -2.15. The first-order chi connectivity index (χ1) is 7.56. The van der Waals surface area contributed by atoms with E-state index in [1.165, 1.54) is 13.8 Å². The molecule has 0 spiro atoms. The van der Waals surface area contributed by atoms with E-state index in [2.05, 4.69) is 6.92 Å². The highest BCUT2D eigenvalue weighted by Gasteiger charge is 2.10. The molecule has 0 heterocycles. The van der Waals surface area contributed by atoms with E-state index in [4.69, 9.17) is 9.47 Å². The van der Waals surface area contributed by atoms with Gasteiger partial charge in [-0.25, -0.2) is 0 Å². The summed E-state index contributed by atoms with van der Waals surface area (Å²) < 4.78 is 9.86. The first-order valence-electron chi connectivity index (χ1n) is 5.83. The number of unbranched alkanes of at least 4 members (excludes halogenated alkanes) is 1. The molecule has 0 aromatic carbocycles. The molecule has 0 rings (SSSR count). The molecule has 16 heavy (non-hydrogen) atoms. The Morgan fingerprint density at radius 2 is 1.69 bits per heavy atom. The zero-order valence-electron chi connectivity index (χ0n) is 10.5. The van der Waals surface area contributed by atoms with E-state index in [1.54, 1.807) is 0 Å². The normalized spacial score (nSPS) is 11.9. The van der Waals surface area contributed by atoms with Crippen LogP contribution in [-0.2, 0) is 19.1 Å². The summed E-state index contributed by atoms with van der Waals surface area (Å²) in [5.41, 5.74) is 0. The highest BCUT2D eigenvalue weighted by Crippen LogP contribution is 2.13. The minimum atomic E-state index is -0.262. The third-order valence-corrected chi connectivity index (χ3v) is 2.32. The van der Waals surface area contributed by atoms with Gasteiger partial charge in [-0.3, -0.25) is 9.59 Å². The molecule has 0 aliphatic rings. The molecule has 1 atom stereocenters. The lowest BCUT2D eigenvalue weighted by atomic mass is 10.00. The van der Waals surface area contributed by atoms with E-state index >= 15 is 0 Å². The van der Waals surface area contributed by atoms with Crippen LogP contribution in [0.4, 0.5) is 0 Å². The summed E-state index contributed by atoms with van der Waals surface area (Å²) >= 11 is 0. The van der Waals surface area contributed by atoms with Gasteiger partial charge < -0.3 is 9.47 Å². The van der Waals surface area contributed by atoms with E-state index in [9.17, 15) is 9.59 Å². The number of esters is 2. The van der Waals surface area contributed by atoms with Gasteiger partial charge in [0.05, 0.1) is 13.2 Å². The molecule has 0 radical (unpaired) electrons. The van der Waals surface area contributed by atoms with Gasteiger partial charge in [0.1, 0.15) is 0 Å². The van der Waals surface area contributed by atoms with Gasteiger partial charge in [0.25, 0.3) is 0 Å². The standard InChI is InChI=1S/C12H22O4/c1-4-5-6-12(9-16-11(3)14)7-8-15-10(2)13/h12H,4-9H2,1-3H3. The fourth-order valence-corrected chi connectivity index (χ4v) is 1.41. The molecule has 0 aromatic heterocycles. The van der Waals surface area contributed by atoms with Crippen molar-refractivity contribution >= 4 is 11.9 Å². The van der Waals surface area contributed by atoms with Crippen LogP contribution >= 0.6 is 0 Å². The number of carbonyl (C=O) groups excluding carboxylic acids is 2. The Hall–Kier alpha value is -1.06. The second-order valence-corrected chi connectivity index (χ2v) is 3.94. The maximum Gasteiger partial charge on any atom is 0.302 e. The summed E-state index contributed by atoms with van der Waals surface area (Å²) in [5.74, 6) is -0.223. The Bertz CT molecular complexity index is 213. The Labute approximate surface area is 97.3 Å². The first kappa shape index (κ1) is 14.9. The molecule has 0 saturated carbocycles. The predicted octanol–water partition coefficient (Wildman–Crippen LogP) is 2.31. The van der Waals surface area contributed by atoms with E-state index in [0.29, 0.717) is 19.1 Å². The molecule has 0 saturated heterocycles. The molecule has 0 aromatic rings. The third kappa shape index (κ3) is 9.49. The first-order valence-corrected chi connectivity index (χ1v) is 5.83. The maximum atomic E-state index is 10.7. The van der Waals surface area contributed by atoms with Crippen LogP contribution < -0.4 is 0 Å². The van der Waals surface area contributed by atoms with Crippen molar-refractivity contribution in [1.29, 1.82) is 0 Å². The highest BCUT2D eigenvalue weighted by molar-refractivity contribution is 5.66. The minimum absolute atomic E-state index is 0.256. The van der Waals surface area contributed by atoms with Crippen LogP contribution in [0.2, 0.25) is 0 Å². The lowest BCUT2D eigenvalue weighted by molar-refractivity contribution is -0.145. The van der Waals surface area contributed by atoms with Gasteiger partial charge in [0, 0.05) is 13.8 Å². The van der Waals surface area contributed by atoms with E-state index < -0.39 is 0 Å². The second-order valence-electron chi connectivity index (χ2n) is 3.94. The molecule has 0 aliphatic heterocycles. The Morgan fingerprint density at radius 1 is 1.06 bits per heavy atom. The molecule has 0 amide bonds. The third-order valence-electron chi connectivity index (χ3n) is 2.32. The zero-order valence-corrected chi connectivity index (χ0v) is 10.5. The zero-order chi connectivity index (χ0) is 12.4. The summed E-state index contributed by atoms with van der Waals surface area (Å²) in [4.78, 5) is 21.3. The number of ether oxygens (including phenoxy) is 2. The van der Waals surface area contributed by atoms with Crippen LogP contribution in [0.1, 0.15) is 46.5 Å². The van der Waals surface area contributed by atoms with Crippen LogP contribution in [0.25, 0.3) is 0 Å². The smallest absolute Gasteiger partial charge is 0.302 e. The Morgan fingerprint density at radius 3 is 2.19 bits per heavy atom. The molecule has 0 fully saturated rings. The topological polar surface area (TPSA) is 52.6 Å². The number of hydrogen-bond donors (Lipinski definition) is 0. The molecule has 0 aliphatic carbocycles. The number of carbonyl (C=O) groups is 2. The van der Waals surface area contributed by atoms with Crippen LogP contribution in [0, 0.1) is 5.92 Å². The molecular weight excluding hydrogens is 208 g/mol. The van der Waals surface area contributed by atoms with Crippen molar-refractivity contribution in [2.24, 2.45) is 5.92 Å². The predicted molar refractivity (Wildman–Crippen MR) is 60.9 cm³/mol. The summed E-state index contributed by atoms with van der Waals surface area (Å²) in [6, 6.07) is 0. The quantitative estimate of drug-likeness (QED) is 0.600. The van der Waals surface area contributed by atoms with Gasteiger partial charge in [-0.15, -0.1) is 0 Å². The molecular formula is C12H22O4. The van der Waals surface area contributed by atoms with Crippen molar-refractivity contribution < 1.29 is 19.1 Å². The molecule has 4 heteroatoms. The monoisotopic (exact) mass is 230 g/mol.